The number of nitrogens with zero attached hydrogens (tertiary/aromatic N) is 2. The number of imidazole rings is 1. The highest BCUT2D eigenvalue weighted by Crippen LogP contribution is 2.22. The minimum absolute atomic E-state index is 0.0498. The molecule has 0 radical (unpaired) electrons. The summed E-state index contributed by atoms with van der Waals surface area (Å²) in [4.78, 5) is 17.3. The van der Waals surface area contributed by atoms with Crippen LogP contribution in [0.1, 0.15) is 24.2 Å². The van der Waals surface area contributed by atoms with E-state index in [2.05, 4.69) is 15.0 Å². The zero-order chi connectivity index (χ0) is 23.4. The van der Waals surface area contributed by atoms with Crippen LogP contribution in [0.4, 0.5) is 11.6 Å². The molecule has 170 valence electrons. The summed E-state index contributed by atoms with van der Waals surface area (Å²) in [5.74, 6) is 0.730. The predicted octanol–water partition coefficient (Wildman–Crippen LogP) is 4.51. The topological polar surface area (TPSA) is 102 Å². The summed E-state index contributed by atoms with van der Waals surface area (Å²) >= 11 is 0. The molecule has 8 nitrogen and oxygen atoms in total. The van der Waals surface area contributed by atoms with Crippen molar-refractivity contribution >= 4 is 38.6 Å². The van der Waals surface area contributed by atoms with E-state index in [1.54, 1.807) is 24.3 Å². The van der Waals surface area contributed by atoms with Gasteiger partial charge in [-0.3, -0.25) is 14.8 Å². The summed E-state index contributed by atoms with van der Waals surface area (Å²) in [6, 6.07) is 20.0. The van der Waals surface area contributed by atoms with Crippen molar-refractivity contribution in [2.75, 3.05) is 16.6 Å². The van der Waals surface area contributed by atoms with Crippen molar-refractivity contribution in [2.24, 2.45) is 0 Å². The van der Waals surface area contributed by atoms with Gasteiger partial charge in [-0.15, -0.1) is 0 Å². The van der Waals surface area contributed by atoms with Crippen molar-refractivity contribution in [3.05, 3.63) is 78.4 Å². The van der Waals surface area contributed by atoms with Gasteiger partial charge < -0.3 is 9.30 Å². The van der Waals surface area contributed by atoms with Gasteiger partial charge in [0.1, 0.15) is 5.75 Å². The molecule has 0 fully saturated rings. The van der Waals surface area contributed by atoms with E-state index in [9.17, 15) is 13.2 Å². The van der Waals surface area contributed by atoms with Crippen LogP contribution in [0.2, 0.25) is 0 Å². The molecule has 0 aliphatic carbocycles. The molecule has 1 amide bonds. The number of aromatic nitrogens is 2. The molecule has 3 aromatic carbocycles. The molecule has 33 heavy (non-hydrogen) atoms. The number of fused-ring (bicyclic) bond motifs is 1. The number of amides is 1. The first-order valence-corrected chi connectivity index (χ1v) is 12.0. The van der Waals surface area contributed by atoms with Crippen LogP contribution in [0, 0.1) is 0 Å². The van der Waals surface area contributed by atoms with Gasteiger partial charge in [-0.2, -0.15) is 0 Å². The number of nitrogens with one attached hydrogen (secondary N) is 2. The lowest BCUT2D eigenvalue weighted by atomic mass is 10.2. The number of hydrogen-bond acceptors (Lipinski definition) is 5. The van der Waals surface area contributed by atoms with Gasteiger partial charge in [-0.1, -0.05) is 12.1 Å². The largest absolute Gasteiger partial charge is 0.494 e. The van der Waals surface area contributed by atoms with Crippen molar-refractivity contribution in [1.29, 1.82) is 0 Å². The van der Waals surface area contributed by atoms with Crippen LogP contribution in [-0.4, -0.2) is 30.5 Å². The van der Waals surface area contributed by atoms with Gasteiger partial charge in [0.05, 0.1) is 22.5 Å². The zero-order valence-corrected chi connectivity index (χ0v) is 19.1. The molecule has 9 heteroatoms. The average molecular weight is 465 g/mol. The maximum Gasteiger partial charge on any atom is 0.261 e. The lowest BCUT2D eigenvalue weighted by Crippen LogP contribution is -2.17. The number of anilines is 2. The second-order valence-electron chi connectivity index (χ2n) is 7.21. The van der Waals surface area contributed by atoms with Crippen LogP contribution >= 0.6 is 0 Å². The third-order valence-corrected chi connectivity index (χ3v) is 6.44. The third-order valence-electron chi connectivity index (χ3n) is 5.04. The third kappa shape index (κ3) is 4.83. The Kier molecular flexibility index (Phi) is 6.32. The van der Waals surface area contributed by atoms with Gasteiger partial charge >= 0.3 is 0 Å². The summed E-state index contributed by atoms with van der Waals surface area (Å²) < 4.78 is 35.2. The Balaban J connectivity index is 1.49. The first-order chi connectivity index (χ1) is 15.9. The van der Waals surface area contributed by atoms with Gasteiger partial charge in [-0.05, 0) is 74.5 Å². The Bertz CT molecular complexity index is 1380. The number of sulfonamides is 1. The molecule has 0 bridgehead atoms. The summed E-state index contributed by atoms with van der Waals surface area (Å²) in [7, 11) is -3.81. The second-order valence-corrected chi connectivity index (χ2v) is 8.89. The van der Waals surface area contributed by atoms with Crippen molar-refractivity contribution < 1.29 is 17.9 Å². The minimum Gasteiger partial charge on any atom is -0.494 e. The smallest absolute Gasteiger partial charge is 0.261 e. The number of aryl methyl sites for hydroxylation is 1. The summed E-state index contributed by atoms with van der Waals surface area (Å²) in [6.45, 7) is 5.02. The van der Waals surface area contributed by atoms with Crippen molar-refractivity contribution in [3.63, 3.8) is 0 Å². The highest BCUT2D eigenvalue weighted by molar-refractivity contribution is 7.92. The molecule has 0 unspecified atom stereocenters. The van der Waals surface area contributed by atoms with Gasteiger partial charge in [0, 0.05) is 17.8 Å². The molecule has 0 saturated carbocycles. The molecule has 0 aliphatic heterocycles. The van der Waals surface area contributed by atoms with E-state index in [1.165, 1.54) is 24.3 Å². The molecular weight excluding hydrogens is 440 g/mol. The maximum absolute atomic E-state index is 12.8. The van der Waals surface area contributed by atoms with E-state index in [1.807, 2.05) is 42.7 Å². The molecule has 4 rings (SSSR count). The molecule has 1 heterocycles. The van der Waals surface area contributed by atoms with Crippen LogP contribution in [0.15, 0.2) is 77.7 Å². The molecule has 4 aromatic rings. The SMILES string of the molecule is CCOc1ccc(NS(=O)(=O)c2ccc(C(=O)Nc3nc4ccccc4n3CC)cc2)cc1. The van der Waals surface area contributed by atoms with E-state index >= 15 is 0 Å². The number of ether oxygens (including phenoxy) is 1. The van der Waals surface area contributed by atoms with Crippen LogP contribution in [0.5, 0.6) is 5.75 Å². The quantitative estimate of drug-likeness (QED) is 0.399. The van der Waals surface area contributed by atoms with Gasteiger partial charge in [0.25, 0.3) is 15.9 Å². The number of para-hydroxylation sites is 2. The molecule has 0 spiro atoms. The van der Waals surface area contributed by atoms with Crippen LogP contribution in [0.25, 0.3) is 11.0 Å². The highest BCUT2D eigenvalue weighted by atomic mass is 32.2. The average Bonchev–Trinajstić information content (AvgIpc) is 3.17. The fraction of sp³-hybridized carbons (Fsp3) is 0.167. The predicted molar refractivity (Wildman–Crippen MR) is 128 cm³/mol. The summed E-state index contributed by atoms with van der Waals surface area (Å²) in [5, 5.41) is 2.82. The minimum atomic E-state index is -3.81. The lowest BCUT2D eigenvalue weighted by molar-refractivity contribution is 0.102. The monoisotopic (exact) mass is 464 g/mol. The number of hydrogen-bond donors (Lipinski definition) is 2. The Morgan fingerprint density at radius 1 is 0.970 bits per heavy atom. The second kappa shape index (κ2) is 9.33. The van der Waals surface area contributed by atoms with Crippen molar-refractivity contribution in [3.8, 4) is 5.75 Å². The maximum atomic E-state index is 12.8. The van der Waals surface area contributed by atoms with Gasteiger partial charge in [-0.25, -0.2) is 13.4 Å². The Morgan fingerprint density at radius 3 is 2.33 bits per heavy atom. The number of carbonyl (C=O) groups excluding carboxylic acids is 1. The van der Waals surface area contributed by atoms with E-state index in [4.69, 9.17) is 4.74 Å². The van der Waals surface area contributed by atoms with Crippen molar-refractivity contribution in [2.45, 2.75) is 25.3 Å². The van der Waals surface area contributed by atoms with E-state index in [0.717, 1.165) is 11.0 Å². The lowest BCUT2D eigenvalue weighted by Gasteiger charge is -2.10. The molecule has 0 atom stereocenters. The Hall–Kier alpha value is -3.85. The molecule has 2 N–H and O–H groups in total. The van der Waals surface area contributed by atoms with Gasteiger partial charge in [0.2, 0.25) is 5.95 Å². The first-order valence-electron chi connectivity index (χ1n) is 10.5. The van der Waals surface area contributed by atoms with Crippen LogP contribution in [0.3, 0.4) is 0 Å². The molecule has 0 saturated heterocycles. The number of benzene rings is 3. The Morgan fingerprint density at radius 2 is 1.67 bits per heavy atom. The van der Waals surface area contributed by atoms with E-state index in [-0.39, 0.29) is 10.8 Å². The van der Waals surface area contributed by atoms with Crippen molar-refractivity contribution in [1.82, 2.24) is 9.55 Å². The van der Waals surface area contributed by atoms with Gasteiger partial charge in [0.15, 0.2) is 0 Å². The molecule has 1 aromatic heterocycles. The summed E-state index contributed by atoms with van der Waals surface area (Å²) in [5.41, 5.74) is 2.46. The number of carbonyl (C=O) groups is 1. The summed E-state index contributed by atoms with van der Waals surface area (Å²) in [6.07, 6.45) is 0. The van der Waals surface area contributed by atoms with E-state index < -0.39 is 10.0 Å². The van der Waals surface area contributed by atoms with Crippen LogP contribution in [-0.2, 0) is 16.6 Å². The zero-order valence-electron chi connectivity index (χ0n) is 18.3. The first kappa shape index (κ1) is 22.3. The van der Waals surface area contributed by atoms with Crippen LogP contribution < -0.4 is 14.8 Å². The highest BCUT2D eigenvalue weighted by Gasteiger charge is 2.17. The normalized spacial score (nSPS) is 11.3. The standard InChI is InChI=1S/C24H24N4O4S/c1-3-28-22-8-6-5-7-21(22)25-24(28)26-23(29)17-9-15-20(16-10-17)33(30,31)27-18-11-13-19(14-12-18)32-4-2/h5-16,27H,3-4H2,1-2H3,(H,25,26,29). The molecular formula is C24H24N4O4S. The van der Waals surface area contributed by atoms with E-state index in [0.29, 0.717) is 36.1 Å². The Labute approximate surface area is 192 Å². The molecule has 0 aliphatic rings. The fourth-order valence-corrected chi connectivity index (χ4v) is 4.51. The fourth-order valence-electron chi connectivity index (χ4n) is 3.45. The number of rotatable bonds is 8.